The molecule has 4 aromatic carbocycles. The van der Waals surface area contributed by atoms with Crippen LogP contribution in [-0.2, 0) is 0 Å². The summed E-state index contributed by atoms with van der Waals surface area (Å²) in [4.78, 5) is 2.18. The van der Waals surface area contributed by atoms with Gasteiger partial charge in [-0.2, -0.15) is 5.26 Å². The second-order valence-electron chi connectivity index (χ2n) is 6.26. The zero-order valence-electron chi connectivity index (χ0n) is 14.4. The van der Waals surface area contributed by atoms with Crippen LogP contribution in [-0.4, -0.2) is 7.85 Å². The molecule has 0 N–H and O–H groups in total. The highest BCUT2D eigenvalue weighted by atomic mass is 79.9. The number of nitrogens with zero attached hydrogens (tertiary/aromatic N) is 2. The van der Waals surface area contributed by atoms with Crippen LogP contribution in [0.15, 0.2) is 89.4 Å². The van der Waals surface area contributed by atoms with Crippen LogP contribution in [0, 0.1) is 11.3 Å². The lowest BCUT2D eigenvalue weighted by molar-refractivity contribution is 1.29. The molecule has 0 saturated heterocycles. The Bertz CT molecular complexity index is 1100. The smallest absolute Gasteiger partial charge is 0.113 e. The van der Waals surface area contributed by atoms with E-state index < -0.39 is 0 Å². The van der Waals surface area contributed by atoms with Gasteiger partial charge in [-0.15, -0.1) is 0 Å². The number of anilines is 3. The van der Waals surface area contributed by atoms with E-state index in [1.165, 1.54) is 0 Å². The van der Waals surface area contributed by atoms with Crippen LogP contribution in [0.4, 0.5) is 17.1 Å². The molecule has 0 bridgehead atoms. The van der Waals surface area contributed by atoms with Crippen LogP contribution in [0.1, 0.15) is 5.56 Å². The third kappa shape index (κ3) is 3.60. The van der Waals surface area contributed by atoms with Gasteiger partial charge in [0.2, 0.25) is 0 Å². The van der Waals surface area contributed by atoms with Crippen molar-refractivity contribution in [1.82, 2.24) is 0 Å². The molecule has 0 aliphatic heterocycles. The van der Waals surface area contributed by atoms with Crippen LogP contribution in [0.3, 0.4) is 0 Å². The first kappa shape index (κ1) is 17.4. The standard InChI is InChI=1S/C23H14BBrN2/c24-19-4-9-21(10-5-19)27(22-11-6-20(25)7-12-22)23-8-3-17-13-16(15-26)1-2-18(17)14-23/h1-14H. The lowest BCUT2D eigenvalue weighted by atomic mass is 9.96. The maximum atomic E-state index is 9.11. The van der Waals surface area contributed by atoms with Crippen molar-refractivity contribution in [2.45, 2.75) is 0 Å². The predicted octanol–water partition coefficient (Wildman–Crippen LogP) is 5.74. The minimum atomic E-state index is 0.665. The van der Waals surface area contributed by atoms with Gasteiger partial charge in [0.05, 0.1) is 11.6 Å². The van der Waals surface area contributed by atoms with E-state index >= 15 is 0 Å². The molecule has 4 rings (SSSR count). The number of benzene rings is 4. The fourth-order valence-electron chi connectivity index (χ4n) is 3.10. The summed E-state index contributed by atoms with van der Waals surface area (Å²) in [5, 5.41) is 11.2. The molecule has 2 radical (unpaired) electrons. The molecular weight excluding hydrogens is 395 g/mol. The Hall–Kier alpha value is -3.03. The summed E-state index contributed by atoms with van der Waals surface area (Å²) in [6, 6.07) is 30.2. The number of hydrogen-bond donors (Lipinski definition) is 0. The molecule has 0 atom stereocenters. The molecule has 4 heteroatoms. The van der Waals surface area contributed by atoms with E-state index in [9.17, 15) is 0 Å². The van der Waals surface area contributed by atoms with E-state index in [2.05, 4.69) is 57.2 Å². The predicted molar refractivity (Wildman–Crippen MR) is 116 cm³/mol. The monoisotopic (exact) mass is 408 g/mol. The first-order chi connectivity index (χ1) is 13.1. The Morgan fingerprint density at radius 3 is 1.93 bits per heavy atom. The molecule has 0 aliphatic carbocycles. The highest BCUT2D eigenvalue weighted by molar-refractivity contribution is 9.10. The van der Waals surface area contributed by atoms with Gasteiger partial charge < -0.3 is 4.90 Å². The normalized spacial score (nSPS) is 10.5. The Morgan fingerprint density at radius 1 is 0.704 bits per heavy atom. The molecule has 0 spiro atoms. The molecule has 0 aliphatic rings. The molecule has 0 heterocycles. The Morgan fingerprint density at radius 2 is 1.26 bits per heavy atom. The highest BCUT2D eigenvalue weighted by Crippen LogP contribution is 2.36. The van der Waals surface area contributed by atoms with Gasteiger partial charge in [0.15, 0.2) is 0 Å². The van der Waals surface area contributed by atoms with E-state index in [1.807, 2.05) is 54.6 Å². The summed E-state index contributed by atoms with van der Waals surface area (Å²) in [6.07, 6.45) is 0. The third-order valence-electron chi connectivity index (χ3n) is 4.45. The van der Waals surface area contributed by atoms with E-state index in [0.29, 0.717) is 5.56 Å². The Labute approximate surface area is 168 Å². The molecule has 0 saturated carbocycles. The zero-order chi connectivity index (χ0) is 18.8. The van der Waals surface area contributed by atoms with Crippen molar-refractivity contribution in [2.75, 3.05) is 4.90 Å². The topological polar surface area (TPSA) is 27.0 Å². The quantitative estimate of drug-likeness (QED) is 0.404. The van der Waals surface area contributed by atoms with Crippen LogP contribution in [0.25, 0.3) is 10.8 Å². The Kier molecular flexibility index (Phi) is 4.70. The van der Waals surface area contributed by atoms with Crippen molar-refractivity contribution in [3.63, 3.8) is 0 Å². The minimum Gasteiger partial charge on any atom is -0.310 e. The summed E-state index contributed by atoms with van der Waals surface area (Å²) < 4.78 is 1.03. The molecule has 0 unspecified atom stereocenters. The minimum absolute atomic E-state index is 0.665. The van der Waals surface area contributed by atoms with Gasteiger partial charge in [0, 0.05) is 21.5 Å². The van der Waals surface area contributed by atoms with Gasteiger partial charge in [-0.1, -0.05) is 45.7 Å². The van der Waals surface area contributed by atoms with Crippen molar-refractivity contribution in [1.29, 1.82) is 5.26 Å². The largest absolute Gasteiger partial charge is 0.310 e. The molecule has 126 valence electrons. The van der Waals surface area contributed by atoms with Crippen LogP contribution in [0.5, 0.6) is 0 Å². The zero-order valence-corrected chi connectivity index (χ0v) is 16.0. The molecule has 27 heavy (non-hydrogen) atoms. The Balaban J connectivity index is 1.87. The molecule has 0 aromatic heterocycles. The van der Waals surface area contributed by atoms with Crippen molar-refractivity contribution in [3.05, 3.63) is 95.0 Å². The van der Waals surface area contributed by atoms with E-state index in [1.54, 1.807) is 0 Å². The lowest BCUT2D eigenvalue weighted by Crippen LogP contribution is -2.11. The summed E-state index contributed by atoms with van der Waals surface area (Å²) in [5.41, 5.74) is 4.52. The highest BCUT2D eigenvalue weighted by Gasteiger charge is 2.13. The number of rotatable bonds is 3. The maximum absolute atomic E-state index is 9.11. The number of hydrogen-bond acceptors (Lipinski definition) is 2. The first-order valence-corrected chi connectivity index (χ1v) is 9.28. The van der Waals surface area contributed by atoms with E-state index in [4.69, 9.17) is 13.1 Å². The second-order valence-corrected chi connectivity index (χ2v) is 7.18. The first-order valence-electron chi connectivity index (χ1n) is 8.49. The molecule has 2 nitrogen and oxygen atoms in total. The summed E-state index contributed by atoms with van der Waals surface area (Å²) in [6.45, 7) is 0. The van der Waals surface area contributed by atoms with Crippen molar-refractivity contribution in [3.8, 4) is 6.07 Å². The van der Waals surface area contributed by atoms with Crippen LogP contribution in [0.2, 0.25) is 0 Å². The third-order valence-corrected chi connectivity index (χ3v) is 4.98. The number of nitriles is 1. The fourth-order valence-corrected chi connectivity index (χ4v) is 3.37. The summed E-state index contributed by atoms with van der Waals surface area (Å²) in [5.74, 6) is 0. The summed E-state index contributed by atoms with van der Waals surface area (Å²) >= 11 is 3.50. The lowest BCUT2D eigenvalue weighted by Gasteiger charge is -2.26. The fraction of sp³-hybridized carbons (Fsp3) is 0. The van der Waals surface area contributed by atoms with Gasteiger partial charge in [-0.05, 0) is 71.4 Å². The van der Waals surface area contributed by atoms with Gasteiger partial charge in [-0.25, -0.2) is 0 Å². The van der Waals surface area contributed by atoms with Gasteiger partial charge in [0.25, 0.3) is 0 Å². The van der Waals surface area contributed by atoms with Gasteiger partial charge in [0.1, 0.15) is 7.85 Å². The van der Waals surface area contributed by atoms with Crippen molar-refractivity contribution < 1.29 is 0 Å². The van der Waals surface area contributed by atoms with Crippen LogP contribution >= 0.6 is 15.9 Å². The SMILES string of the molecule is [B]c1ccc(N(c2ccc(Br)cc2)c2ccc3cc(C#N)ccc3c2)cc1. The van der Waals surface area contributed by atoms with Gasteiger partial charge in [-0.3, -0.25) is 0 Å². The average Bonchev–Trinajstić information content (AvgIpc) is 2.70. The van der Waals surface area contributed by atoms with E-state index in [-0.39, 0.29) is 0 Å². The maximum Gasteiger partial charge on any atom is 0.113 e. The second kappa shape index (κ2) is 7.30. The average molecular weight is 409 g/mol. The molecule has 0 fully saturated rings. The van der Waals surface area contributed by atoms with E-state index in [0.717, 1.165) is 37.8 Å². The molecule has 0 amide bonds. The molecule has 4 aromatic rings. The number of halogens is 1. The van der Waals surface area contributed by atoms with Crippen molar-refractivity contribution in [2.24, 2.45) is 0 Å². The summed E-state index contributed by atoms with van der Waals surface area (Å²) in [7, 11) is 5.87. The van der Waals surface area contributed by atoms with Gasteiger partial charge >= 0.3 is 0 Å². The molecular formula is C23H14BBrN2. The number of fused-ring (bicyclic) bond motifs is 1. The van der Waals surface area contributed by atoms with Crippen LogP contribution < -0.4 is 10.4 Å². The van der Waals surface area contributed by atoms with Crippen molar-refractivity contribution >= 4 is 57.1 Å².